The molecule has 39 heavy (non-hydrogen) atoms. The third-order valence-electron chi connectivity index (χ3n) is 7.17. The lowest BCUT2D eigenvalue weighted by Gasteiger charge is -2.58. The Morgan fingerprint density at radius 3 is 2.41 bits per heavy atom. The minimum Gasteiger partial charge on any atom is -0.455 e. The van der Waals surface area contributed by atoms with Gasteiger partial charge in [0.25, 0.3) is 5.91 Å². The van der Waals surface area contributed by atoms with E-state index in [2.05, 4.69) is 4.98 Å². The van der Waals surface area contributed by atoms with Crippen molar-refractivity contribution in [3.05, 3.63) is 89.2 Å². The van der Waals surface area contributed by atoms with E-state index in [9.17, 15) is 22.8 Å². The van der Waals surface area contributed by atoms with Crippen LogP contribution in [0.15, 0.2) is 73.1 Å². The van der Waals surface area contributed by atoms with E-state index < -0.39 is 23.8 Å². The first-order valence-electron chi connectivity index (χ1n) is 12.4. The molecular formula is C28H25ClF3N3O4. The minimum atomic E-state index is -5.12. The molecule has 0 N–H and O–H groups in total. The van der Waals surface area contributed by atoms with Gasteiger partial charge in [-0.25, -0.2) is 4.79 Å². The van der Waals surface area contributed by atoms with Gasteiger partial charge in [0.1, 0.15) is 11.5 Å². The molecule has 3 heterocycles. The van der Waals surface area contributed by atoms with Crippen LogP contribution in [0.2, 0.25) is 5.02 Å². The number of halogens is 4. The fourth-order valence-corrected chi connectivity index (χ4v) is 5.30. The Kier molecular flexibility index (Phi) is 7.51. The Morgan fingerprint density at radius 2 is 1.74 bits per heavy atom. The highest BCUT2D eigenvalue weighted by Gasteiger charge is 2.58. The van der Waals surface area contributed by atoms with Crippen molar-refractivity contribution < 1.29 is 32.2 Å². The van der Waals surface area contributed by atoms with Crippen molar-refractivity contribution in [3.8, 4) is 11.5 Å². The lowest BCUT2D eigenvalue weighted by molar-refractivity contribution is -0.261. The quantitative estimate of drug-likeness (QED) is 0.361. The first-order valence-corrected chi connectivity index (χ1v) is 12.7. The smallest absolute Gasteiger partial charge is 0.455 e. The second kappa shape index (κ2) is 10.9. The van der Waals surface area contributed by atoms with Crippen LogP contribution in [-0.2, 0) is 16.1 Å². The largest absolute Gasteiger partial charge is 0.490 e. The molecule has 11 heteroatoms. The van der Waals surface area contributed by atoms with Gasteiger partial charge in [0, 0.05) is 53.9 Å². The summed E-state index contributed by atoms with van der Waals surface area (Å²) in [6.45, 7) is 1.28. The second-order valence-electron chi connectivity index (χ2n) is 9.72. The predicted molar refractivity (Wildman–Crippen MR) is 136 cm³/mol. The summed E-state index contributed by atoms with van der Waals surface area (Å²) in [5.41, 5.74) is 0.507. The lowest BCUT2D eigenvalue weighted by atomic mass is 9.69. The molecule has 2 saturated heterocycles. The van der Waals surface area contributed by atoms with Gasteiger partial charge < -0.3 is 14.4 Å². The Bertz CT molecular complexity index is 1330. The van der Waals surface area contributed by atoms with Crippen LogP contribution in [0.3, 0.4) is 0 Å². The maximum absolute atomic E-state index is 13.2. The van der Waals surface area contributed by atoms with Crippen LogP contribution in [0.1, 0.15) is 28.8 Å². The molecule has 1 spiro atoms. The maximum atomic E-state index is 13.2. The van der Waals surface area contributed by atoms with Crippen molar-refractivity contribution in [3.63, 3.8) is 0 Å². The molecule has 2 aliphatic heterocycles. The van der Waals surface area contributed by atoms with Crippen LogP contribution in [0.4, 0.5) is 13.2 Å². The summed E-state index contributed by atoms with van der Waals surface area (Å²) < 4.78 is 50.6. The van der Waals surface area contributed by atoms with Crippen LogP contribution in [0.25, 0.3) is 0 Å². The molecule has 2 aliphatic rings. The molecule has 1 atom stereocenters. The predicted octanol–water partition coefficient (Wildman–Crippen LogP) is 5.70. The SMILES string of the molecule is O=C(c1ccc(Cl)cc1)N1CCC2(CC1)CN(Cc1ccccc1Oc1cccnc1)C2OC(=O)C(F)(F)F. The summed E-state index contributed by atoms with van der Waals surface area (Å²) >= 11 is 5.92. The summed E-state index contributed by atoms with van der Waals surface area (Å²) in [5, 5.41) is 0.514. The van der Waals surface area contributed by atoms with Gasteiger partial charge in [-0.2, -0.15) is 13.2 Å². The summed E-state index contributed by atoms with van der Waals surface area (Å²) in [6, 6.07) is 17.2. The highest BCUT2D eigenvalue weighted by molar-refractivity contribution is 6.30. The molecular weight excluding hydrogens is 535 g/mol. The molecule has 0 bridgehead atoms. The van der Waals surface area contributed by atoms with Crippen molar-refractivity contribution in [1.82, 2.24) is 14.8 Å². The monoisotopic (exact) mass is 559 g/mol. The number of alkyl halides is 3. The molecule has 1 amide bonds. The van der Waals surface area contributed by atoms with E-state index in [0.29, 0.717) is 54.6 Å². The van der Waals surface area contributed by atoms with Crippen LogP contribution < -0.4 is 4.74 Å². The normalized spacial score (nSPS) is 18.9. The van der Waals surface area contributed by atoms with Gasteiger partial charge in [0.05, 0.1) is 6.20 Å². The number of likely N-dealkylation sites (tertiary alicyclic amines) is 2. The average Bonchev–Trinajstić information content (AvgIpc) is 2.93. The van der Waals surface area contributed by atoms with E-state index >= 15 is 0 Å². The zero-order chi connectivity index (χ0) is 27.6. The molecule has 3 aromatic rings. The van der Waals surface area contributed by atoms with Crippen molar-refractivity contribution >= 4 is 23.5 Å². The van der Waals surface area contributed by atoms with Crippen molar-refractivity contribution in [2.45, 2.75) is 31.8 Å². The third kappa shape index (κ3) is 5.86. The van der Waals surface area contributed by atoms with E-state index in [1.165, 1.54) is 0 Å². The molecule has 2 fully saturated rings. The fraction of sp³-hybridized carbons (Fsp3) is 0.321. The lowest BCUT2D eigenvalue weighted by Crippen LogP contribution is -2.68. The first-order chi connectivity index (χ1) is 18.6. The third-order valence-corrected chi connectivity index (χ3v) is 7.42. The molecule has 0 saturated carbocycles. The number of piperidine rings is 1. The number of esters is 1. The summed E-state index contributed by atoms with van der Waals surface area (Å²) in [4.78, 5) is 32.2. The van der Waals surface area contributed by atoms with E-state index in [4.69, 9.17) is 21.1 Å². The number of benzene rings is 2. The van der Waals surface area contributed by atoms with E-state index in [-0.39, 0.29) is 12.5 Å². The second-order valence-corrected chi connectivity index (χ2v) is 10.2. The molecule has 0 aliphatic carbocycles. The standard InChI is InChI=1S/C28H25ClF3N3O4/c29-21-9-7-19(8-10-21)24(36)34-14-11-27(12-15-34)18-35(25(27)39-26(37)28(30,31)32)17-20-4-1-2-6-23(20)38-22-5-3-13-33-16-22/h1-10,13,16,25H,11-12,14-15,17-18H2. The summed E-state index contributed by atoms with van der Waals surface area (Å²) in [6.07, 6.45) is -2.24. The number of hydrogen-bond donors (Lipinski definition) is 0. The number of aromatic nitrogens is 1. The topological polar surface area (TPSA) is 72.0 Å². The van der Waals surface area contributed by atoms with Crippen LogP contribution in [0, 0.1) is 5.41 Å². The number of amides is 1. The molecule has 204 valence electrons. The number of para-hydroxylation sites is 1. The van der Waals surface area contributed by atoms with Crippen LogP contribution >= 0.6 is 11.6 Å². The van der Waals surface area contributed by atoms with Gasteiger partial charge >= 0.3 is 12.1 Å². The summed E-state index contributed by atoms with van der Waals surface area (Å²) in [7, 11) is 0. The van der Waals surface area contributed by atoms with Crippen LogP contribution in [0.5, 0.6) is 11.5 Å². The number of pyridine rings is 1. The fourth-order valence-electron chi connectivity index (χ4n) is 5.17. The molecule has 2 aromatic carbocycles. The molecule has 5 rings (SSSR count). The Hall–Kier alpha value is -3.63. The number of hydrogen-bond acceptors (Lipinski definition) is 6. The number of ether oxygens (including phenoxy) is 2. The Labute approximate surface area is 228 Å². The molecule has 1 aromatic heterocycles. The van der Waals surface area contributed by atoms with Crippen LogP contribution in [-0.4, -0.2) is 58.7 Å². The highest BCUT2D eigenvalue weighted by atomic mass is 35.5. The first kappa shape index (κ1) is 27.0. The van der Waals surface area contributed by atoms with Crippen molar-refractivity contribution in [2.24, 2.45) is 5.41 Å². The van der Waals surface area contributed by atoms with E-state index in [0.717, 1.165) is 5.56 Å². The number of carbonyl (C=O) groups excluding carboxylic acids is 2. The average molecular weight is 560 g/mol. The van der Waals surface area contributed by atoms with Gasteiger partial charge in [-0.3, -0.25) is 14.7 Å². The van der Waals surface area contributed by atoms with Gasteiger partial charge in [-0.15, -0.1) is 0 Å². The number of rotatable bonds is 6. The van der Waals surface area contributed by atoms with Crippen molar-refractivity contribution in [1.29, 1.82) is 0 Å². The minimum absolute atomic E-state index is 0.178. The molecule has 7 nitrogen and oxygen atoms in total. The zero-order valence-electron chi connectivity index (χ0n) is 20.7. The summed E-state index contributed by atoms with van der Waals surface area (Å²) in [5.74, 6) is -1.36. The van der Waals surface area contributed by atoms with Crippen molar-refractivity contribution in [2.75, 3.05) is 19.6 Å². The molecule has 1 unspecified atom stereocenters. The van der Waals surface area contributed by atoms with E-state index in [1.807, 2.05) is 6.07 Å². The van der Waals surface area contributed by atoms with Gasteiger partial charge in [0.15, 0.2) is 6.23 Å². The maximum Gasteiger partial charge on any atom is 0.490 e. The van der Waals surface area contributed by atoms with Gasteiger partial charge in [0.2, 0.25) is 0 Å². The van der Waals surface area contributed by atoms with Gasteiger partial charge in [-0.1, -0.05) is 29.8 Å². The molecule has 0 radical (unpaired) electrons. The Morgan fingerprint density at radius 1 is 1.03 bits per heavy atom. The zero-order valence-corrected chi connectivity index (χ0v) is 21.5. The van der Waals surface area contributed by atoms with Gasteiger partial charge in [-0.05, 0) is 55.3 Å². The number of nitrogens with zero attached hydrogens (tertiary/aromatic N) is 3. The van der Waals surface area contributed by atoms with E-state index in [1.54, 1.807) is 76.8 Å². The number of carbonyl (C=O) groups is 2. The highest BCUT2D eigenvalue weighted by Crippen LogP contribution is 2.48. The Balaban J connectivity index is 1.31.